The van der Waals surface area contributed by atoms with Gasteiger partial charge in [0.05, 0.1) is 12.1 Å². The Hall–Kier alpha value is -1.59. The van der Waals surface area contributed by atoms with Crippen molar-refractivity contribution >= 4 is 28.8 Å². The minimum absolute atomic E-state index is 0.130. The maximum absolute atomic E-state index is 11.7. The summed E-state index contributed by atoms with van der Waals surface area (Å²) < 4.78 is 0. The van der Waals surface area contributed by atoms with E-state index in [1.807, 2.05) is 5.38 Å². The lowest BCUT2D eigenvalue weighted by molar-refractivity contribution is 0.0948. The van der Waals surface area contributed by atoms with Crippen LogP contribution in [0.2, 0.25) is 5.02 Å². The van der Waals surface area contributed by atoms with Gasteiger partial charge in [-0.25, -0.2) is 4.98 Å². The Morgan fingerprint density at radius 3 is 3.00 bits per heavy atom. The fourth-order valence-corrected chi connectivity index (χ4v) is 2.01. The molecule has 88 valence electrons. The van der Waals surface area contributed by atoms with Crippen molar-refractivity contribution in [2.75, 3.05) is 0 Å². The number of thiazole rings is 1. The van der Waals surface area contributed by atoms with E-state index in [4.69, 9.17) is 11.6 Å². The van der Waals surface area contributed by atoms with Crippen molar-refractivity contribution in [1.82, 2.24) is 10.3 Å². The van der Waals surface area contributed by atoms with Crippen LogP contribution in [0.25, 0.3) is 0 Å². The summed E-state index contributed by atoms with van der Waals surface area (Å²) in [6.07, 6.45) is 1.67. The van der Waals surface area contributed by atoms with Gasteiger partial charge in [-0.3, -0.25) is 4.79 Å². The van der Waals surface area contributed by atoms with Crippen LogP contribution >= 0.6 is 22.9 Å². The standard InChI is InChI=1S/C11H9ClN2O2S/c12-7-1-2-8(9(15)5-7)11(16)14-6-10-13-3-4-17-10/h1-5,15H,6H2,(H,14,16). The molecule has 6 heteroatoms. The Bertz CT molecular complexity index is 528. The average molecular weight is 269 g/mol. The molecule has 4 nitrogen and oxygen atoms in total. The van der Waals surface area contributed by atoms with Crippen LogP contribution in [-0.2, 0) is 6.54 Å². The summed E-state index contributed by atoms with van der Waals surface area (Å²) in [7, 11) is 0. The van der Waals surface area contributed by atoms with Crippen LogP contribution < -0.4 is 5.32 Å². The van der Waals surface area contributed by atoms with Crippen LogP contribution in [0.3, 0.4) is 0 Å². The number of benzene rings is 1. The average Bonchev–Trinajstić information content (AvgIpc) is 2.78. The number of nitrogens with zero attached hydrogens (tertiary/aromatic N) is 1. The number of carbonyl (C=O) groups excluding carboxylic acids is 1. The van der Waals surface area contributed by atoms with Crippen LogP contribution in [-0.4, -0.2) is 16.0 Å². The smallest absolute Gasteiger partial charge is 0.255 e. The molecule has 0 aliphatic heterocycles. The second-order valence-electron chi connectivity index (χ2n) is 3.27. The third-order valence-corrected chi connectivity index (χ3v) is 3.10. The molecule has 2 aromatic rings. The monoisotopic (exact) mass is 268 g/mol. The van der Waals surface area contributed by atoms with E-state index in [1.165, 1.54) is 23.5 Å². The number of amides is 1. The topological polar surface area (TPSA) is 62.2 Å². The van der Waals surface area contributed by atoms with Crippen molar-refractivity contribution in [3.05, 3.63) is 45.4 Å². The summed E-state index contributed by atoms with van der Waals surface area (Å²) in [6.45, 7) is 0.346. The molecule has 0 aliphatic carbocycles. The third-order valence-electron chi connectivity index (χ3n) is 2.09. The van der Waals surface area contributed by atoms with Gasteiger partial charge >= 0.3 is 0 Å². The predicted octanol–water partition coefficient (Wildman–Crippen LogP) is 2.43. The highest BCUT2D eigenvalue weighted by Crippen LogP contribution is 2.21. The van der Waals surface area contributed by atoms with Crippen molar-refractivity contribution in [2.24, 2.45) is 0 Å². The zero-order valence-electron chi connectivity index (χ0n) is 8.68. The summed E-state index contributed by atoms with van der Waals surface area (Å²) in [4.78, 5) is 15.8. The molecule has 0 saturated carbocycles. The minimum atomic E-state index is -0.352. The quantitative estimate of drug-likeness (QED) is 0.899. The van der Waals surface area contributed by atoms with Crippen LogP contribution in [0.5, 0.6) is 5.75 Å². The van der Waals surface area contributed by atoms with E-state index in [0.29, 0.717) is 11.6 Å². The lowest BCUT2D eigenvalue weighted by Gasteiger charge is -2.05. The molecule has 0 atom stereocenters. The van der Waals surface area contributed by atoms with Crippen molar-refractivity contribution in [2.45, 2.75) is 6.54 Å². The lowest BCUT2D eigenvalue weighted by atomic mass is 10.2. The number of phenols is 1. The van der Waals surface area contributed by atoms with E-state index in [-0.39, 0.29) is 17.2 Å². The highest BCUT2D eigenvalue weighted by Gasteiger charge is 2.11. The second-order valence-corrected chi connectivity index (χ2v) is 4.69. The first kappa shape index (κ1) is 11.9. The second kappa shape index (κ2) is 5.16. The van der Waals surface area contributed by atoms with Crippen molar-refractivity contribution in [3.8, 4) is 5.75 Å². The Morgan fingerprint density at radius 2 is 2.35 bits per heavy atom. The Kier molecular flexibility index (Phi) is 3.61. The molecule has 0 unspecified atom stereocenters. The molecule has 1 aromatic carbocycles. The van der Waals surface area contributed by atoms with Gasteiger partial charge in [0.1, 0.15) is 10.8 Å². The number of hydrogen-bond donors (Lipinski definition) is 2. The summed E-state index contributed by atoms with van der Waals surface area (Å²) >= 11 is 7.14. The molecule has 2 N–H and O–H groups in total. The number of carbonyl (C=O) groups is 1. The van der Waals surface area contributed by atoms with E-state index >= 15 is 0 Å². The number of phenolic OH excluding ortho intramolecular Hbond substituents is 1. The SMILES string of the molecule is O=C(NCc1nccs1)c1ccc(Cl)cc1O. The maximum Gasteiger partial charge on any atom is 0.255 e. The van der Waals surface area contributed by atoms with Gasteiger partial charge in [0.25, 0.3) is 5.91 Å². The molecule has 0 fully saturated rings. The Morgan fingerprint density at radius 1 is 1.53 bits per heavy atom. The maximum atomic E-state index is 11.7. The molecule has 0 spiro atoms. The number of rotatable bonds is 3. The van der Waals surface area contributed by atoms with E-state index in [2.05, 4.69) is 10.3 Å². The molecule has 2 rings (SSSR count). The van der Waals surface area contributed by atoms with Crippen molar-refractivity contribution in [3.63, 3.8) is 0 Å². The normalized spacial score (nSPS) is 10.2. The predicted molar refractivity (Wildman–Crippen MR) is 66.4 cm³/mol. The summed E-state index contributed by atoms with van der Waals surface area (Å²) in [5, 5.41) is 15.3. The Balaban J connectivity index is 2.04. The number of halogens is 1. The van der Waals surface area contributed by atoms with Gasteiger partial charge in [-0.15, -0.1) is 11.3 Å². The molecule has 1 aromatic heterocycles. The highest BCUT2D eigenvalue weighted by atomic mass is 35.5. The van der Waals surface area contributed by atoms with Gasteiger partial charge in [0.15, 0.2) is 0 Å². The molecule has 0 aliphatic rings. The molecule has 0 radical (unpaired) electrons. The van der Waals surface area contributed by atoms with Crippen molar-refractivity contribution in [1.29, 1.82) is 0 Å². The molecular weight excluding hydrogens is 260 g/mol. The van der Waals surface area contributed by atoms with Crippen LogP contribution in [0.15, 0.2) is 29.8 Å². The molecule has 0 bridgehead atoms. The largest absolute Gasteiger partial charge is 0.507 e. The fourth-order valence-electron chi connectivity index (χ4n) is 1.29. The van der Waals surface area contributed by atoms with E-state index < -0.39 is 0 Å². The molecule has 1 amide bonds. The van der Waals surface area contributed by atoms with E-state index in [1.54, 1.807) is 12.3 Å². The minimum Gasteiger partial charge on any atom is -0.507 e. The van der Waals surface area contributed by atoms with E-state index in [0.717, 1.165) is 5.01 Å². The van der Waals surface area contributed by atoms with Crippen LogP contribution in [0.1, 0.15) is 15.4 Å². The molecule has 0 saturated heterocycles. The van der Waals surface area contributed by atoms with Gasteiger partial charge in [-0.05, 0) is 18.2 Å². The van der Waals surface area contributed by atoms with Gasteiger partial charge in [0, 0.05) is 16.6 Å². The fraction of sp³-hybridized carbons (Fsp3) is 0.0909. The van der Waals surface area contributed by atoms with Gasteiger partial charge in [-0.2, -0.15) is 0 Å². The number of hydrogen-bond acceptors (Lipinski definition) is 4. The van der Waals surface area contributed by atoms with Crippen LogP contribution in [0, 0.1) is 0 Å². The molecule has 17 heavy (non-hydrogen) atoms. The lowest BCUT2D eigenvalue weighted by Crippen LogP contribution is -2.22. The van der Waals surface area contributed by atoms with Crippen molar-refractivity contribution < 1.29 is 9.90 Å². The van der Waals surface area contributed by atoms with Gasteiger partial charge in [-0.1, -0.05) is 11.6 Å². The first-order chi connectivity index (χ1) is 8.16. The Labute approximate surface area is 107 Å². The van der Waals surface area contributed by atoms with Gasteiger partial charge in [0.2, 0.25) is 0 Å². The highest BCUT2D eigenvalue weighted by molar-refractivity contribution is 7.09. The third kappa shape index (κ3) is 2.95. The molecular formula is C11H9ClN2O2S. The van der Waals surface area contributed by atoms with Crippen LogP contribution in [0.4, 0.5) is 0 Å². The van der Waals surface area contributed by atoms with E-state index in [9.17, 15) is 9.90 Å². The first-order valence-electron chi connectivity index (χ1n) is 4.82. The summed E-state index contributed by atoms with van der Waals surface area (Å²) in [5.41, 5.74) is 0.200. The number of aromatic nitrogens is 1. The number of nitrogens with one attached hydrogen (secondary N) is 1. The molecule has 1 heterocycles. The summed E-state index contributed by atoms with van der Waals surface area (Å²) in [5.74, 6) is -0.483. The van der Waals surface area contributed by atoms with Gasteiger partial charge < -0.3 is 10.4 Å². The zero-order chi connectivity index (χ0) is 12.3. The number of aromatic hydroxyl groups is 1. The summed E-state index contributed by atoms with van der Waals surface area (Å²) in [6, 6.07) is 4.37. The first-order valence-corrected chi connectivity index (χ1v) is 6.07. The zero-order valence-corrected chi connectivity index (χ0v) is 10.3.